The molecule has 1 heterocycles. The van der Waals surface area contributed by atoms with Gasteiger partial charge in [-0.1, -0.05) is 25.1 Å². The first-order valence-electron chi connectivity index (χ1n) is 6.39. The van der Waals surface area contributed by atoms with E-state index in [0.717, 1.165) is 17.7 Å². The molecule has 2 N–H and O–H groups in total. The molecule has 2 aromatic rings. The van der Waals surface area contributed by atoms with Gasteiger partial charge in [0.05, 0.1) is 11.4 Å². The summed E-state index contributed by atoms with van der Waals surface area (Å²) in [5, 5.41) is 7.18. The molecule has 2 amide bonds. The van der Waals surface area contributed by atoms with Gasteiger partial charge in [-0.2, -0.15) is 0 Å². The van der Waals surface area contributed by atoms with E-state index in [0.29, 0.717) is 4.88 Å². The summed E-state index contributed by atoms with van der Waals surface area (Å²) in [6.45, 7) is 2.02. The van der Waals surface area contributed by atoms with Gasteiger partial charge >= 0.3 is 0 Å². The Labute approximate surface area is 121 Å². The Morgan fingerprint density at radius 1 is 1.20 bits per heavy atom. The number of anilines is 1. The highest BCUT2D eigenvalue weighted by Crippen LogP contribution is 2.11. The molecule has 104 valence electrons. The second-order valence-electron chi connectivity index (χ2n) is 4.26. The van der Waals surface area contributed by atoms with Crippen molar-refractivity contribution in [1.82, 2.24) is 5.32 Å². The summed E-state index contributed by atoms with van der Waals surface area (Å²) in [5.41, 5.74) is 1.91. The highest BCUT2D eigenvalue weighted by Gasteiger charge is 2.08. The molecule has 1 aromatic carbocycles. The number of thiophene rings is 1. The fourth-order valence-corrected chi connectivity index (χ4v) is 2.37. The van der Waals surface area contributed by atoms with Crippen LogP contribution < -0.4 is 10.6 Å². The summed E-state index contributed by atoms with van der Waals surface area (Å²) in [7, 11) is 0. The summed E-state index contributed by atoms with van der Waals surface area (Å²) in [6, 6.07) is 11.2. The number of aryl methyl sites for hydroxylation is 1. The zero-order chi connectivity index (χ0) is 14.4. The monoisotopic (exact) mass is 288 g/mol. The van der Waals surface area contributed by atoms with Crippen molar-refractivity contribution >= 4 is 28.8 Å². The third-order valence-corrected chi connectivity index (χ3v) is 3.64. The fraction of sp³-hybridized carbons (Fsp3) is 0.200. The Hall–Kier alpha value is -2.14. The Morgan fingerprint density at radius 3 is 2.75 bits per heavy atom. The van der Waals surface area contributed by atoms with Gasteiger partial charge < -0.3 is 10.6 Å². The standard InChI is InChI=1S/C15H16N2O2S/c1-2-11-5-3-6-12(9-11)17-14(18)10-16-15(19)13-7-4-8-20-13/h3-9H,2,10H2,1H3,(H,16,19)(H,17,18). The lowest BCUT2D eigenvalue weighted by Gasteiger charge is -2.07. The second-order valence-corrected chi connectivity index (χ2v) is 5.21. The van der Waals surface area contributed by atoms with Gasteiger partial charge in [0.15, 0.2) is 0 Å². The lowest BCUT2D eigenvalue weighted by molar-refractivity contribution is -0.115. The van der Waals surface area contributed by atoms with Gasteiger partial charge in [-0.15, -0.1) is 11.3 Å². The minimum Gasteiger partial charge on any atom is -0.342 e. The van der Waals surface area contributed by atoms with Gasteiger partial charge in [-0.3, -0.25) is 9.59 Å². The predicted octanol–water partition coefficient (Wildman–Crippen LogP) is 2.68. The van der Waals surface area contributed by atoms with E-state index in [2.05, 4.69) is 17.6 Å². The van der Waals surface area contributed by atoms with Crippen molar-refractivity contribution in [3.05, 3.63) is 52.2 Å². The highest BCUT2D eigenvalue weighted by atomic mass is 32.1. The molecule has 5 heteroatoms. The third-order valence-electron chi connectivity index (χ3n) is 2.77. The van der Waals surface area contributed by atoms with E-state index >= 15 is 0 Å². The Kier molecular flexibility index (Phi) is 4.90. The predicted molar refractivity (Wildman–Crippen MR) is 81.1 cm³/mol. The summed E-state index contributed by atoms with van der Waals surface area (Å²) in [6.07, 6.45) is 0.916. The topological polar surface area (TPSA) is 58.2 Å². The number of hydrogen-bond donors (Lipinski definition) is 2. The zero-order valence-corrected chi connectivity index (χ0v) is 12.0. The molecular weight excluding hydrogens is 272 g/mol. The van der Waals surface area contributed by atoms with Crippen molar-refractivity contribution in [2.24, 2.45) is 0 Å². The van der Waals surface area contributed by atoms with Gasteiger partial charge in [-0.05, 0) is 35.6 Å². The maximum absolute atomic E-state index is 11.8. The molecule has 0 aliphatic rings. The highest BCUT2D eigenvalue weighted by molar-refractivity contribution is 7.12. The van der Waals surface area contributed by atoms with Crippen LogP contribution in [0.15, 0.2) is 41.8 Å². The molecule has 1 aromatic heterocycles. The normalized spacial score (nSPS) is 10.1. The maximum Gasteiger partial charge on any atom is 0.261 e. The quantitative estimate of drug-likeness (QED) is 0.888. The Bertz CT molecular complexity index is 594. The molecule has 0 unspecified atom stereocenters. The molecule has 0 spiro atoms. The lowest BCUT2D eigenvalue weighted by Crippen LogP contribution is -2.32. The average Bonchev–Trinajstić information content (AvgIpc) is 2.99. The van der Waals surface area contributed by atoms with Crippen LogP contribution in [0.3, 0.4) is 0 Å². The van der Waals surface area contributed by atoms with Crippen molar-refractivity contribution in [1.29, 1.82) is 0 Å². The fourth-order valence-electron chi connectivity index (χ4n) is 1.73. The molecule has 0 fully saturated rings. The Balaban J connectivity index is 1.85. The van der Waals surface area contributed by atoms with Crippen molar-refractivity contribution in [2.45, 2.75) is 13.3 Å². The van der Waals surface area contributed by atoms with E-state index in [9.17, 15) is 9.59 Å². The number of rotatable bonds is 5. The Morgan fingerprint density at radius 2 is 2.05 bits per heavy atom. The molecule has 0 saturated carbocycles. The van der Waals surface area contributed by atoms with E-state index in [-0.39, 0.29) is 18.4 Å². The lowest BCUT2D eigenvalue weighted by atomic mass is 10.1. The number of nitrogens with one attached hydrogen (secondary N) is 2. The van der Waals surface area contributed by atoms with Gasteiger partial charge in [0.25, 0.3) is 5.91 Å². The first kappa shape index (κ1) is 14.3. The van der Waals surface area contributed by atoms with Crippen LogP contribution in [0.4, 0.5) is 5.69 Å². The molecule has 2 rings (SSSR count). The average molecular weight is 288 g/mol. The molecule has 4 nitrogen and oxygen atoms in total. The van der Waals surface area contributed by atoms with Crippen LogP contribution in [0, 0.1) is 0 Å². The molecular formula is C15H16N2O2S. The van der Waals surface area contributed by atoms with Crippen LogP contribution in [0.1, 0.15) is 22.2 Å². The smallest absolute Gasteiger partial charge is 0.261 e. The van der Waals surface area contributed by atoms with E-state index in [1.54, 1.807) is 12.1 Å². The number of carbonyl (C=O) groups is 2. The largest absolute Gasteiger partial charge is 0.342 e. The van der Waals surface area contributed by atoms with Gasteiger partial charge in [0, 0.05) is 5.69 Å². The van der Waals surface area contributed by atoms with Crippen LogP contribution in [0.5, 0.6) is 0 Å². The van der Waals surface area contributed by atoms with Crippen LogP contribution in [0.2, 0.25) is 0 Å². The van der Waals surface area contributed by atoms with Gasteiger partial charge in [0.1, 0.15) is 0 Å². The van der Waals surface area contributed by atoms with Crippen LogP contribution >= 0.6 is 11.3 Å². The molecule has 0 atom stereocenters. The SMILES string of the molecule is CCc1cccc(NC(=O)CNC(=O)c2cccs2)c1. The minimum absolute atomic E-state index is 0.0346. The zero-order valence-electron chi connectivity index (χ0n) is 11.2. The minimum atomic E-state index is -0.233. The number of benzene rings is 1. The molecule has 20 heavy (non-hydrogen) atoms. The van der Waals surface area contributed by atoms with E-state index in [4.69, 9.17) is 0 Å². The number of amides is 2. The summed E-state index contributed by atoms with van der Waals surface area (Å²) in [5.74, 6) is -0.458. The van der Waals surface area contributed by atoms with Crippen molar-refractivity contribution in [3.63, 3.8) is 0 Å². The number of hydrogen-bond acceptors (Lipinski definition) is 3. The maximum atomic E-state index is 11.8. The van der Waals surface area contributed by atoms with Crippen LogP contribution in [-0.2, 0) is 11.2 Å². The molecule has 0 aliphatic carbocycles. The van der Waals surface area contributed by atoms with Crippen LogP contribution in [-0.4, -0.2) is 18.4 Å². The third kappa shape index (κ3) is 3.93. The van der Waals surface area contributed by atoms with Crippen molar-refractivity contribution in [2.75, 3.05) is 11.9 Å². The summed E-state index contributed by atoms with van der Waals surface area (Å²) < 4.78 is 0. The van der Waals surface area contributed by atoms with Crippen LogP contribution in [0.25, 0.3) is 0 Å². The van der Waals surface area contributed by atoms with Gasteiger partial charge in [-0.25, -0.2) is 0 Å². The van der Waals surface area contributed by atoms with Crippen molar-refractivity contribution < 1.29 is 9.59 Å². The summed E-state index contributed by atoms with van der Waals surface area (Å²) >= 11 is 1.35. The summed E-state index contributed by atoms with van der Waals surface area (Å²) in [4.78, 5) is 24.0. The van der Waals surface area contributed by atoms with E-state index in [1.165, 1.54) is 11.3 Å². The van der Waals surface area contributed by atoms with E-state index in [1.807, 2.05) is 29.6 Å². The molecule has 0 aliphatic heterocycles. The first-order chi connectivity index (χ1) is 9.69. The first-order valence-corrected chi connectivity index (χ1v) is 7.27. The van der Waals surface area contributed by atoms with Crippen molar-refractivity contribution in [3.8, 4) is 0 Å². The number of carbonyl (C=O) groups excluding carboxylic acids is 2. The molecule has 0 radical (unpaired) electrons. The molecule has 0 saturated heterocycles. The van der Waals surface area contributed by atoms with Gasteiger partial charge in [0.2, 0.25) is 5.91 Å². The second kappa shape index (κ2) is 6.86. The molecule has 0 bridgehead atoms. The van der Waals surface area contributed by atoms with E-state index < -0.39 is 0 Å².